The maximum Gasteiger partial charge on any atom is 0.0103 e. The van der Waals surface area contributed by atoms with Crippen LogP contribution < -0.4 is 5.32 Å². The predicted molar refractivity (Wildman–Crippen MR) is 50.0 cm³/mol. The average molecular weight is 165 g/mol. The van der Waals surface area contributed by atoms with Gasteiger partial charge < -0.3 is 5.32 Å². The van der Waals surface area contributed by atoms with E-state index < -0.39 is 0 Å². The monoisotopic (exact) mass is 165 g/mol. The summed E-state index contributed by atoms with van der Waals surface area (Å²) in [5.41, 5.74) is 0. The number of nitrogens with one attached hydrogen (secondary N) is 1. The normalized spacial score (nSPS) is 46.5. The van der Waals surface area contributed by atoms with Crippen molar-refractivity contribution in [1.82, 2.24) is 5.32 Å². The molecule has 12 heavy (non-hydrogen) atoms. The van der Waals surface area contributed by atoms with Crippen molar-refractivity contribution in [1.29, 1.82) is 0 Å². The Morgan fingerprint density at radius 1 is 0.917 bits per heavy atom. The molecule has 0 saturated heterocycles. The molecule has 0 heterocycles. The maximum absolute atomic E-state index is 3.82. The van der Waals surface area contributed by atoms with E-state index in [9.17, 15) is 0 Å². The second-order valence-corrected chi connectivity index (χ2v) is 4.99. The SMILES string of the molecule is C1CC(NC2C[C@@H]3CCC[C@H]23)C1. The molecule has 0 aliphatic heterocycles. The third-order valence-electron chi connectivity index (χ3n) is 4.35. The fourth-order valence-corrected chi connectivity index (χ4v) is 3.26. The average Bonchev–Trinajstić information content (AvgIpc) is 2.29. The lowest BCUT2D eigenvalue weighted by Gasteiger charge is -2.45. The molecule has 1 nitrogen and oxygen atoms in total. The van der Waals surface area contributed by atoms with Gasteiger partial charge in [-0.05, 0) is 37.5 Å². The van der Waals surface area contributed by atoms with Crippen molar-refractivity contribution in [3.63, 3.8) is 0 Å². The molecule has 68 valence electrons. The van der Waals surface area contributed by atoms with Gasteiger partial charge in [-0.25, -0.2) is 0 Å². The lowest BCUT2D eigenvalue weighted by Crippen LogP contribution is -2.53. The van der Waals surface area contributed by atoms with Crippen LogP contribution in [0.5, 0.6) is 0 Å². The highest BCUT2D eigenvalue weighted by Gasteiger charge is 2.44. The van der Waals surface area contributed by atoms with Crippen molar-refractivity contribution in [2.24, 2.45) is 11.8 Å². The summed E-state index contributed by atoms with van der Waals surface area (Å²) in [5, 5.41) is 3.82. The van der Waals surface area contributed by atoms with Gasteiger partial charge >= 0.3 is 0 Å². The Hall–Kier alpha value is -0.0400. The van der Waals surface area contributed by atoms with E-state index in [0.29, 0.717) is 0 Å². The van der Waals surface area contributed by atoms with E-state index in [4.69, 9.17) is 0 Å². The standard InChI is InChI=1S/C11H19N/c1-3-8-7-11(10(8)6-1)12-9-4-2-5-9/h8-12H,1-7H2/t8-,10-,11?/m0/s1. The Morgan fingerprint density at radius 2 is 1.75 bits per heavy atom. The van der Waals surface area contributed by atoms with Gasteiger partial charge in [0.25, 0.3) is 0 Å². The molecular formula is C11H19N. The van der Waals surface area contributed by atoms with Gasteiger partial charge in [-0.15, -0.1) is 0 Å². The number of fused-ring (bicyclic) bond motifs is 1. The van der Waals surface area contributed by atoms with E-state index in [2.05, 4.69) is 5.32 Å². The first-order valence-corrected chi connectivity index (χ1v) is 5.69. The molecule has 0 radical (unpaired) electrons. The van der Waals surface area contributed by atoms with Gasteiger partial charge in [-0.1, -0.05) is 19.3 Å². The van der Waals surface area contributed by atoms with Crippen LogP contribution in [-0.4, -0.2) is 12.1 Å². The minimum absolute atomic E-state index is 0.913. The minimum Gasteiger partial charge on any atom is -0.311 e. The van der Waals surface area contributed by atoms with Crippen LogP contribution in [0, 0.1) is 11.8 Å². The van der Waals surface area contributed by atoms with Crippen LogP contribution >= 0.6 is 0 Å². The summed E-state index contributed by atoms with van der Waals surface area (Å²) in [4.78, 5) is 0. The lowest BCUT2D eigenvalue weighted by molar-refractivity contribution is 0.110. The Kier molecular flexibility index (Phi) is 1.68. The minimum atomic E-state index is 0.913. The molecule has 0 aromatic heterocycles. The van der Waals surface area contributed by atoms with Crippen LogP contribution in [0.1, 0.15) is 44.9 Å². The van der Waals surface area contributed by atoms with Crippen molar-refractivity contribution in [2.75, 3.05) is 0 Å². The maximum atomic E-state index is 3.82. The van der Waals surface area contributed by atoms with E-state index in [1.165, 1.54) is 44.9 Å². The Bertz CT molecular complexity index is 174. The quantitative estimate of drug-likeness (QED) is 0.662. The highest BCUT2D eigenvalue weighted by atomic mass is 15.0. The van der Waals surface area contributed by atoms with E-state index >= 15 is 0 Å². The van der Waals surface area contributed by atoms with Crippen LogP contribution in [0.2, 0.25) is 0 Å². The molecule has 3 fully saturated rings. The summed E-state index contributed by atoms with van der Waals surface area (Å²) in [7, 11) is 0. The summed E-state index contributed by atoms with van der Waals surface area (Å²) in [6.45, 7) is 0. The predicted octanol–water partition coefficient (Wildman–Crippen LogP) is 2.32. The highest BCUT2D eigenvalue weighted by Crippen LogP contribution is 2.47. The zero-order chi connectivity index (χ0) is 7.97. The first-order chi connectivity index (χ1) is 5.93. The first-order valence-electron chi connectivity index (χ1n) is 5.69. The second kappa shape index (κ2) is 2.73. The van der Waals surface area contributed by atoms with Crippen LogP contribution in [-0.2, 0) is 0 Å². The molecule has 1 unspecified atom stereocenters. The van der Waals surface area contributed by atoms with Gasteiger partial charge in [0.15, 0.2) is 0 Å². The summed E-state index contributed by atoms with van der Waals surface area (Å²) in [6, 6.07) is 1.85. The second-order valence-electron chi connectivity index (χ2n) is 4.99. The molecule has 0 aromatic carbocycles. The Balaban J connectivity index is 1.51. The summed E-state index contributed by atoms with van der Waals surface area (Å²) >= 11 is 0. The smallest absolute Gasteiger partial charge is 0.0103 e. The fraction of sp³-hybridized carbons (Fsp3) is 1.00. The van der Waals surface area contributed by atoms with Gasteiger partial charge in [0.1, 0.15) is 0 Å². The van der Waals surface area contributed by atoms with Crippen LogP contribution in [0.4, 0.5) is 0 Å². The Morgan fingerprint density at radius 3 is 2.42 bits per heavy atom. The molecule has 3 atom stereocenters. The first kappa shape index (κ1) is 7.37. The van der Waals surface area contributed by atoms with E-state index in [1.54, 1.807) is 0 Å². The molecule has 1 N–H and O–H groups in total. The van der Waals surface area contributed by atoms with Gasteiger partial charge in [0.05, 0.1) is 0 Å². The number of rotatable bonds is 2. The van der Waals surface area contributed by atoms with E-state index in [0.717, 1.165) is 23.9 Å². The van der Waals surface area contributed by atoms with Crippen LogP contribution in [0.25, 0.3) is 0 Å². The van der Waals surface area contributed by atoms with Crippen molar-refractivity contribution in [3.8, 4) is 0 Å². The summed E-state index contributed by atoms with van der Waals surface area (Å²) in [5.74, 6) is 2.22. The molecule has 0 aromatic rings. The van der Waals surface area contributed by atoms with Crippen molar-refractivity contribution >= 4 is 0 Å². The molecule has 3 aliphatic carbocycles. The largest absolute Gasteiger partial charge is 0.311 e. The van der Waals surface area contributed by atoms with Crippen molar-refractivity contribution in [2.45, 2.75) is 57.0 Å². The van der Waals surface area contributed by atoms with Crippen molar-refractivity contribution < 1.29 is 0 Å². The van der Waals surface area contributed by atoms with Gasteiger partial charge in [0, 0.05) is 12.1 Å². The van der Waals surface area contributed by atoms with Crippen LogP contribution in [0.3, 0.4) is 0 Å². The van der Waals surface area contributed by atoms with Gasteiger partial charge in [-0.3, -0.25) is 0 Å². The van der Waals surface area contributed by atoms with E-state index in [1.807, 2.05) is 0 Å². The van der Waals surface area contributed by atoms with Gasteiger partial charge in [0.2, 0.25) is 0 Å². The zero-order valence-corrected chi connectivity index (χ0v) is 7.76. The molecular weight excluding hydrogens is 146 g/mol. The third kappa shape index (κ3) is 1.02. The number of hydrogen-bond acceptors (Lipinski definition) is 1. The van der Waals surface area contributed by atoms with Gasteiger partial charge in [-0.2, -0.15) is 0 Å². The molecule has 3 rings (SSSR count). The lowest BCUT2D eigenvalue weighted by atomic mass is 9.70. The van der Waals surface area contributed by atoms with Crippen molar-refractivity contribution in [3.05, 3.63) is 0 Å². The van der Waals surface area contributed by atoms with Crippen LogP contribution in [0.15, 0.2) is 0 Å². The molecule has 1 heteroatoms. The third-order valence-corrected chi connectivity index (χ3v) is 4.35. The van der Waals surface area contributed by atoms with E-state index in [-0.39, 0.29) is 0 Å². The highest BCUT2D eigenvalue weighted by molar-refractivity contribution is 4.99. The Labute approximate surface area is 74.9 Å². The fourth-order valence-electron chi connectivity index (χ4n) is 3.26. The zero-order valence-electron chi connectivity index (χ0n) is 7.76. The molecule has 0 spiro atoms. The molecule has 0 amide bonds. The summed E-state index contributed by atoms with van der Waals surface area (Å²) < 4.78 is 0. The summed E-state index contributed by atoms with van der Waals surface area (Å²) in [6.07, 6.45) is 10.4. The molecule has 3 aliphatic rings. The number of hydrogen-bond donors (Lipinski definition) is 1. The topological polar surface area (TPSA) is 12.0 Å². The molecule has 3 saturated carbocycles. The molecule has 0 bridgehead atoms.